The van der Waals surface area contributed by atoms with Crippen LogP contribution in [-0.2, 0) is 0 Å². The molecule has 13 heavy (non-hydrogen) atoms. The first-order valence-electron chi connectivity index (χ1n) is 4.62. The highest BCUT2D eigenvalue weighted by molar-refractivity contribution is 6.92. The van der Waals surface area contributed by atoms with Crippen molar-refractivity contribution in [2.75, 3.05) is 0 Å². The molecule has 0 radical (unpaired) electrons. The summed E-state index contributed by atoms with van der Waals surface area (Å²) in [7, 11) is 0. The number of hydrogen-bond donors (Lipinski definition) is 0. The molecule has 0 aliphatic carbocycles. The monoisotopic (exact) mass is 199 g/mol. The summed E-state index contributed by atoms with van der Waals surface area (Å²) < 4.78 is 0. The molecule has 1 nitrogen and oxygen atoms in total. The molecule has 0 aromatic rings. The van der Waals surface area contributed by atoms with E-state index in [2.05, 4.69) is 40.9 Å². The summed E-state index contributed by atoms with van der Waals surface area (Å²) in [5.74, 6) is 0.823. The molecule has 0 heterocycles. The third kappa shape index (κ3) is 3.47. The lowest BCUT2D eigenvalue weighted by atomic mass is 10.0. The fourth-order valence-electron chi connectivity index (χ4n) is 0.961. The van der Waals surface area contributed by atoms with Crippen LogP contribution in [0.2, 0.25) is 0 Å². The SMILES string of the molecule is C=C(C(C)C)N(BCl)C(=C)C(C)C. The zero-order chi connectivity index (χ0) is 10.6. The Balaban J connectivity index is 4.51. The van der Waals surface area contributed by atoms with Gasteiger partial charge in [0.15, 0.2) is 0 Å². The first-order chi connectivity index (χ1) is 5.91. The minimum atomic E-state index is 0.411. The second kappa shape index (κ2) is 5.38. The zero-order valence-corrected chi connectivity index (χ0v) is 9.86. The zero-order valence-electron chi connectivity index (χ0n) is 9.10. The molecule has 0 atom stereocenters. The van der Waals surface area contributed by atoms with E-state index in [4.69, 9.17) is 11.5 Å². The van der Waals surface area contributed by atoms with Gasteiger partial charge in [0.05, 0.1) is 0 Å². The lowest BCUT2D eigenvalue weighted by molar-refractivity contribution is 0.507. The van der Waals surface area contributed by atoms with Gasteiger partial charge in [-0.2, -0.15) is 11.5 Å². The number of halogens is 1. The summed E-state index contributed by atoms with van der Waals surface area (Å²) in [4.78, 5) is 1.98. The molecule has 0 saturated carbocycles. The lowest BCUT2D eigenvalue weighted by Crippen LogP contribution is -2.27. The van der Waals surface area contributed by atoms with E-state index in [0.717, 1.165) is 11.4 Å². The summed E-state index contributed by atoms with van der Waals surface area (Å²) in [6.45, 7) is 16.9. The summed E-state index contributed by atoms with van der Waals surface area (Å²) in [6.07, 6.45) is 0. The maximum atomic E-state index is 5.85. The predicted octanol–water partition coefficient (Wildman–Crippen LogP) is 3.13. The van der Waals surface area contributed by atoms with Crippen LogP contribution in [0.25, 0.3) is 0 Å². The number of hydrogen-bond acceptors (Lipinski definition) is 1. The van der Waals surface area contributed by atoms with Crippen molar-refractivity contribution < 1.29 is 0 Å². The van der Waals surface area contributed by atoms with Gasteiger partial charge >= 0.3 is 6.83 Å². The second-order valence-electron chi connectivity index (χ2n) is 3.84. The first-order valence-corrected chi connectivity index (χ1v) is 5.16. The van der Waals surface area contributed by atoms with Crippen molar-refractivity contribution in [1.82, 2.24) is 4.81 Å². The highest BCUT2D eigenvalue weighted by Crippen LogP contribution is 2.21. The van der Waals surface area contributed by atoms with Crippen LogP contribution < -0.4 is 0 Å². The first kappa shape index (κ1) is 12.6. The fourth-order valence-corrected chi connectivity index (χ4v) is 1.27. The number of nitrogens with zero attached hydrogens (tertiary/aromatic N) is 1. The van der Waals surface area contributed by atoms with Crippen LogP contribution in [0.3, 0.4) is 0 Å². The third-order valence-electron chi connectivity index (χ3n) is 2.15. The van der Waals surface area contributed by atoms with Crippen LogP contribution in [0.15, 0.2) is 24.6 Å². The van der Waals surface area contributed by atoms with Gasteiger partial charge in [-0.25, -0.2) is 0 Å². The van der Waals surface area contributed by atoms with E-state index in [0.29, 0.717) is 18.7 Å². The molecule has 0 aliphatic heterocycles. The average molecular weight is 200 g/mol. The Morgan fingerprint density at radius 2 is 1.38 bits per heavy atom. The van der Waals surface area contributed by atoms with Gasteiger partial charge in [-0.3, -0.25) is 0 Å². The lowest BCUT2D eigenvalue weighted by Gasteiger charge is -2.30. The van der Waals surface area contributed by atoms with Crippen LogP contribution in [0, 0.1) is 11.8 Å². The molecule has 0 bridgehead atoms. The minimum Gasteiger partial charge on any atom is -0.382 e. The molecule has 0 N–H and O–H groups in total. The Bertz CT molecular complexity index is 179. The Labute approximate surface area is 87.6 Å². The minimum absolute atomic E-state index is 0.411. The molecule has 74 valence electrons. The van der Waals surface area contributed by atoms with Crippen LogP contribution in [0.1, 0.15) is 27.7 Å². The quantitative estimate of drug-likeness (QED) is 0.615. The van der Waals surface area contributed by atoms with Crippen LogP contribution in [-0.4, -0.2) is 11.6 Å². The average Bonchev–Trinajstić information content (AvgIpc) is 2.04. The van der Waals surface area contributed by atoms with Crippen molar-refractivity contribution >= 4 is 18.3 Å². The summed E-state index contributed by atoms with van der Waals surface area (Å²) >= 11 is 5.85. The van der Waals surface area contributed by atoms with E-state index < -0.39 is 0 Å². The number of rotatable bonds is 5. The van der Waals surface area contributed by atoms with Crippen LogP contribution in [0.4, 0.5) is 0 Å². The van der Waals surface area contributed by atoms with Crippen molar-refractivity contribution in [2.24, 2.45) is 11.8 Å². The van der Waals surface area contributed by atoms with Crippen molar-refractivity contribution in [2.45, 2.75) is 27.7 Å². The largest absolute Gasteiger partial charge is 0.382 e. The molecule has 0 rings (SSSR count). The van der Waals surface area contributed by atoms with Crippen LogP contribution >= 0.6 is 11.5 Å². The van der Waals surface area contributed by atoms with Crippen molar-refractivity contribution in [3.8, 4) is 0 Å². The smallest absolute Gasteiger partial charge is 0.347 e. The standard InChI is InChI=1S/C10H19BClN/c1-7(2)9(5)13(11-12)10(6)8(3)4/h7-8,11H,5-6H2,1-4H3. The van der Waals surface area contributed by atoms with E-state index in [1.165, 1.54) is 0 Å². The van der Waals surface area contributed by atoms with E-state index in [1.807, 2.05) is 4.81 Å². The Morgan fingerprint density at radius 3 is 1.54 bits per heavy atom. The molecular formula is C10H19BClN. The third-order valence-corrected chi connectivity index (χ3v) is 2.38. The molecule has 0 saturated heterocycles. The summed E-state index contributed by atoms with van der Waals surface area (Å²) in [5, 5.41) is 0. The van der Waals surface area contributed by atoms with E-state index in [1.54, 1.807) is 0 Å². The van der Waals surface area contributed by atoms with Gasteiger partial charge in [0.25, 0.3) is 0 Å². The molecule has 0 aromatic carbocycles. The predicted molar refractivity (Wildman–Crippen MR) is 62.8 cm³/mol. The van der Waals surface area contributed by atoms with Crippen molar-refractivity contribution in [3.05, 3.63) is 24.6 Å². The van der Waals surface area contributed by atoms with Crippen molar-refractivity contribution in [3.63, 3.8) is 0 Å². The van der Waals surface area contributed by atoms with Gasteiger partial charge in [-0.1, -0.05) is 40.9 Å². The molecule has 0 fully saturated rings. The normalized spacial score (nSPS) is 10.4. The molecule has 0 spiro atoms. The van der Waals surface area contributed by atoms with Crippen molar-refractivity contribution in [1.29, 1.82) is 0 Å². The molecule has 0 amide bonds. The van der Waals surface area contributed by atoms with E-state index in [9.17, 15) is 0 Å². The highest BCUT2D eigenvalue weighted by Gasteiger charge is 2.15. The van der Waals surface area contributed by atoms with Gasteiger partial charge < -0.3 is 4.81 Å². The number of allylic oxidation sites excluding steroid dienone is 2. The Kier molecular flexibility index (Phi) is 5.23. The maximum Gasteiger partial charge on any atom is 0.347 e. The van der Waals surface area contributed by atoms with Gasteiger partial charge in [-0.15, -0.1) is 0 Å². The second-order valence-corrected chi connectivity index (χ2v) is 4.08. The topological polar surface area (TPSA) is 3.24 Å². The van der Waals surface area contributed by atoms with Gasteiger partial charge in [0.2, 0.25) is 0 Å². The summed E-state index contributed by atoms with van der Waals surface area (Å²) in [5.41, 5.74) is 2.07. The molecule has 0 unspecified atom stereocenters. The van der Waals surface area contributed by atoms with Gasteiger partial charge in [0, 0.05) is 11.4 Å². The highest BCUT2D eigenvalue weighted by atomic mass is 35.5. The van der Waals surface area contributed by atoms with E-state index in [-0.39, 0.29) is 0 Å². The van der Waals surface area contributed by atoms with Gasteiger partial charge in [0.1, 0.15) is 0 Å². The van der Waals surface area contributed by atoms with E-state index >= 15 is 0 Å². The molecule has 0 aliphatic rings. The van der Waals surface area contributed by atoms with Gasteiger partial charge in [-0.05, 0) is 11.8 Å². The maximum absolute atomic E-state index is 5.85. The Hall–Kier alpha value is -0.365. The van der Waals surface area contributed by atoms with Crippen LogP contribution in [0.5, 0.6) is 0 Å². The Morgan fingerprint density at radius 1 is 1.08 bits per heavy atom. The molecule has 0 aromatic heterocycles. The molecule has 3 heteroatoms. The fraction of sp³-hybridized carbons (Fsp3) is 0.600. The molecular weight excluding hydrogens is 180 g/mol. The summed E-state index contributed by atoms with van der Waals surface area (Å²) in [6, 6.07) is 0.